The lowest BCUT2D eigenvalue weighted by molar-refractivity contribution is -0.116. The Labute approximate surface area is 184 Å². The van der Waals surface area contributed by atoms with Gasteiger partial charge in [0.15, 0.2) is 9.84 Å². The van der Waals surface area contributed by atoms with Crippen molar-refractivity contribution >= 4 is 21.4 Å². The zero-order valence-electron chi connectivity index (χ0n) is 18.5. The highest BCUT2D eigenvalue weighted by Crippen LogP contribution is 2.32. The van der Waals surface area contributed by atoms with Crippen molar-refractivity contribution in [1.82, 2.24) is 14.7 Å². The SMILES string of the molecule is CCCCC(=O)Nc1ccc(OCCN2CCC(S(C)(=O)=O)C2)c(-c2ccnn2C)c1. The maximum absolute atomic E-state index is 12.1. The van der Waals surface area contributed by atoms with Crippen molar-refractivity contribution in [3.05, 3.63) is 30.5 Å². The third kappa shape index (κ3) is 6.30. The number of aromatic nitrogens is 2. The van der Waals surface area contributed by atoms with Crippen molar-refractivity contribution in [2.75, 3.05) is 37.8 Å². The molecule has 0 bridgehead atoms. The molecule has 0 radical (unpaired) electrons. The van der Waals surface area contributed by atoms with Crippen molar-refractivity contribution in [3.8, 4) is 17.0 Å². The van der Waals surface area contributed by atoms with E-state index in [1.807, 2.05) is 31.3 Å². The molecular formula is C22H32N4O4S. The number of carbonyl (C=O) groups is 1. The molecule has 1 aromatic heterocycles. The number of hydrogen-bond acceptors (Lipinski definition) is 6. The summed E-state index contributed by atoms with van der Waals surface area (Å²) >= 11 is 0. The number of likely N-dealkylation sites (tertiary alicyclic amines) is 1. The van der Waals surface area contributed by atoms with Gasteiger partial charge in [-0.2, -0.15) is 5.10 Å². The highest BCUT2D eigenvalue weighted by atomic mass is 32.2. The predicted molar refractivity (Wildman–Crippen MR) is 122 cm³/mol. The van der Waals surface area contributed by atoms with Gasteiger partial charge in [-0.15, -0.1) is 0 Å². The van der Waals surface area contributed by atoms with E-state index in [0.717, 1.165) is 36.3 Å². The summed E-state index contributed by atoms with van der Waals surface area (Å²) in [5.74, 6) is 0.704. The van der Waals surface area contributed by atoms with Crippen molar-refractivity contribution in [1.29, 1.82) is 0 Å². The minimum absolute atomic E-state index is 0.000869. The quantitative estimate of drug-likeness (QED) is 0.601. The van der Waals surface area contributed by atoms with Gasteiger partial charge in [0.1, 0.15) is 12.4 Å². The summed E-state index contributed by atoms with van der Waals surface area (Å²) in [6.45, 7) is 4.48. The van der Waals surface area contributed by atoms with E-state index in [2.05, 4.69) is 22.2 Å². The lowest BCUT2D eigenvalue weighted by Gasteiger charge is -2.18. The number of nitrogens with zero attached hydrogens (tertiary/aromatic N) is 3. The summed E-state index contributed by atoms with van der Waals surface area (Å²) in [5.41, 5.74) is 2.46. The van der Waals surface area contributed by atoms with E-state index in [1.165, 1.54) is 6.26 Å². The van der Waals surface area contributed by atoms with Crippen LogP contribution in [-0.4, -0.2) is 66.8 Å². The lowest BCUT2D eigenvalue weighted by Crippen LogP contribution is -2.29. The molecule has 3 rings (SSSR count). The average molecular weight is 449 g/mol. The topological polar surface area (TPSA) is 93.5 Å². The molecule has 8 nitrogen and oxygen atoms in total. The normalized spacial score (nSPS) is 17.1. The fourth-order valence-electron chi connectivity index (χ4n) is 3.77. The molecule has 1 saturated heterocycles. The monoisotopic (exact) mass is 448 g/mol. The number of nitrogens with one attached hydrogen (secondary N) is 1. The molecule has 31 heavy (non-hydrogen) atoms. The number of benzene rings is 1. The van der Waals surface area contributed by atoms with E-state index in [1.54, 1.807) is 10.9 Å². The Kier molecular flexibility index (Phi) is 7.72. The molecule has 1 N–H and O–H groups in total. The van der Waals surface area contributed by atoms with E-state index < -0.39 is 9.84 Å². The Balaban J connectivity index is 1.68. The van der Waals surface area contributed by atoms with Gasteiger partial charge in [0.2, 0.25) is 5.91 Å². The number of anilines is 1. The summed E-state index contributed by atoms with van der Waals surface area (Å²) < 4.78 is 31.3. The summed E-state index contributed by atoms with van der Waals surface area (Å²) in [4.78, 5) is 14.3. The minimum atomic E-state index is -3.00. The van der Waals surface area contributed by atoms with Crippen LogP contribution < -0.4 is 10.1 Å². The zero-order chi connectivity index (χ0) is 22.4. The van der Waals surface area contributed by atoms with Crippen molar-refractivity contribution < 1.29 is 17.9 Å². The van der Waals surface area contributed by atoms with Gasteiger partial charge in [-0.3, -0.25) is 14.4 Å². The number of sulfone groups is 1. The molecule has 1 atom stereocenters. The van der Waals surface area contributed by atoms with Gasteiger partial charge in [0.05, 0.1) is 10.9 Å². The van der Waals surface area contributed by atoms with Crippen LogP contribution in [0, 0.1) is 0 Å². The molecule has 2 aromatic rings. The van der Waals surface area contributed by atoms with Gasteiger partial charge in [-0.25, -0.2) is 8.42 Å². The van der Waals surface area contributed by atoms with Crippen LogP contribution in [0.25, 0.3) is 11.3 Å². The molecule has 1 amide bonds. The van der Waals surface area contributed by atoms with Gasteiger partial charge in [0.25, 0.3) is 0 Å². The first-order valence-corrected chi connectivity index (χ1v) is 12.7. The minimum Gasteiger partial charge on any atom is -0.492 e. The molecule has 1 fully saturated rings. The molecule has 0 saturated carbocycles. The van der Waals surface area contributed by atoms with E-state index in [-0.39, 0.29) is 11.2 Å². The van der Waals surface area contributed by atoms with E-state index in [9.17, 15) is 13.2 Å². The third-order valence-corrected chi connectivity index (χ3v) is 7.21. The van der Waals surface area contributed by atoms with Crippen LogP contribution in [0.2, 0.25) is 0 Å². The maximum atomic E-state index is 12.1. The number of rotatable bonds is 10. The second-order valence-corrected chi connectivity index (χ2v) is 10.4. The molecule has 1 aliphatic rings. The number of amides is 1. The van der Waals surface area contributed by atoms with E-state index in [0.29, 0.717) is 38.3 Å². The molecule has 2 heterocycles. The molecule has 9 heteroatoms. The highest BCUT2D eigenvalue weighted by Gasteiger charge is 2.29. The number of carbonyl (C=O) groups excluding carboxylic acids is 1. The van der Waals surface area contributed by atoms with Gasteiger partial charge in [-0.1, -0.05) is 13.3 Å². The van der Waals surface area contributed by atoms with Crippen molar-refractivity contribution in [2.24, 2.45) is 7.05 Å². The number of ether oxygens (including phenoxy) is 1. The van der Waals surface area contributed by atoms with Crippen LogP contribution >= 0.6 is 0 Å². The zero-order valence-corrected chi connectivity index (χ0v) is 19.3. The lowest BCUT2D eigenvalue weighted by atomic mass is 10.1. The first kappa shape index (κ1) is 23.3. The second-order valence-electron chi connectivity index (χ2n) is 8.09. The van der Waals surface area contributed by atoms with Crippen molar-refractivity contribution in [2.45, 2.75) is 37.9 Å². The summed E-state index contributed by atoms with van der Waals surface area (Å²) in [5, 5.41) is 6.92. The van der Waals surface area contributed by atoms with Crippen LogP contribution in [0.3, 0.4) is 0 Å². The Morgan fingerprint density at radius 1 is 1.32 bits per heavy atom. The van der Waals surface area contributed by atoms with Gasteiger partial charge >= 0.3 is 0 Å². The fraction of sp³-hybridized carbons (Fsp3) is 0.545. The Bertz CT molecular complexity index is 1000. The van der Waals surface area contributed by atoms with Gasteiger partial charge in [-0.05, 0) is 43.7 Å². The van der Waals surface area contributed by atoms with Crippen molar-refractivity contribution in [3.63, 3.8) is 0 Å². The highest BCUT2D eigenvalue weighted by molar-refractivity contribution is 7.91. The van der Waals surface area contributed by atoms with E-state index in [4.69, 9.17) is 4.74 Å². The maximum Gasteiger partial charge on any atom is 0.224 e. The van der Waals surface area contributed by atoms with Gasteiger partial charge in [0, 0.05) is 50.3 Å². The fourth-order valence-corrected chi connectivity index (χ4v) is 4.78. The van der Waals surface area contributed by atoms with Crippen LogP contribution in [0.1, 0.15) is 32.6 Å². The predicted octanol–water partition coefficient (Wildman–Crippen LogP) is 2.71. The first-order chi connectivity index (χ1) is 14.8. The van der Waals surface area contributed by atoms with Crippen LogP contribution in [-0.2, 0) is 21.7 Å². The number of aryl methyl sites for hydroxylation is 1. The number of hydrogen-bond donors (Lipinski definition) is 1. The summed E-state index contributed by atoms with van der Waals surface area (Å²) in [6, 6.07) is 7.52. The Morgan fingerprint density at radius 3 is 2.77 bits per heavy atom. The third-order valence-electron chi connectivity index (χ3n) is 5.62. The molecule has 1 aliphatic heterocycles. The molecule has 170 valence electrons. The smallest absolute Gasteiger partial charge is 0.224 e. The number of unbranched alkanes of at least 4 members (excludes halogenated alkanes) is 1. The molecule has 0 aliphatic carbocycles. The standard InChI is InChI=1S/C22H32N4O4S/c1-4-5-6-22(27)24-17-7-8-21(19(15-17)20-9-11-23-25(20)2)30-14-13-26-12-10-18(16-26)31(3,28)29/h7-9,11,15,18H,4-6,10,12-14,16H2,1-3H3,(H,24,27). The molecular weight excluding hydrogens is 416 g/mol. The molecule has 1 aromatic carbocycles. The van der Waals surface area contributed by atoms with Crippen LogP contribution in [0.15, 0.2) is 30.5 Å². The molecule has 0 spiro atoms. The van der Waals surface area contributed by atoms with Crippen LogP contribution in [0.4, 0.5) is 5.69 Å². The van der Waals surface area contributed by atoms with Gasteiger partial charge < -0.3 is 10.1 Å². The van der Waals surface area contributed by atoms with Crippen LogP contribution in [0.5, 0.6) is 5.75 Å². The van der Waals surface area contributed by atoms with E-state index >= 15 is 0 Å². The second kappa shape index (κ2) is 10.3. The average Bonchev–Trinajstić information content (AvgIpc) is 3.36. The Morgan fingerprint density at radius 2 is 2.13 bits per heavy atom. The first-order valence-electron chi connectivity index (χ1n) is 10.7. The largest absolute Gasteiger partial charge is 0.492 e. The summed E-state index contributed by atoms with van der Waals surface area (Å²) in [6.07, 6.45) is 6.04. The summed E-state index contributed by atoms with van der Waals surface area (Å²) in [7, 11) is -1.14. The Hall–Kier alpha value is -2.39. The molecule has 1 unspecified atom stereocenters.